The first-order chi connectivity index (χ1) is 10.3. The molecule has 0 bridgehead atoms. The summed E-state index contributed by atoms with van der Waals surface area (Å²) in [5, 5.41) is 0. The summed E-state index contributed by atoms with van der Waals surface area (Å²) >= 11 is 0. The van der Waals surface area contributed by atoms with Crippen LogP contribution in [-0.4, -0.2) is 24.4 Å². The highest BCUT2D eigenvalue weighted by Gasteiger charge is 2.75. The fourth-order valence-corrected chi connectivity index (χ4v) is 1.60. The number of pyridine rings is 1. The van der Waals surface area contributed by atoms with Gasteiger partial charge in [0.05, 0.1) is 12.7 Å². The third kappa shape index (κ3) is 2.89. The van der Waals surface area contributed by atoms with Crippen molar-refractivity contribution in [2.45, 2.75) is 24.9 Å². The van der Waals surface area contributed by atoms with E-state index in [4.69, 9.17) is 0 Å². The third-order valence-corrected chi connectivity index (χ3v) is 2.61. The van der Waals surface area contributed by atoms with Crippen LogP contribution in [0.2, 0.25) is 0 Å². The van der Waals surface area contributed by atoms with Crippen LogP contribution < -0.4 is 4.74 Å². The average molecular weight is 351 g/mol. The number of methoxy groups -OCH3 is 1. The topological polar surface area (TPSA) is 22.1 Å². The minimum atomic E-state index is -6.70. The van der Waals surface area contributed by atoms with E-state index in [1.807, 2.05) is 5.92 Å². The van der Waals surface area contributed by atoms with Crippen molar-refractivity contribution in [3.63, 3.8) is 0 Å². The number of ether oxygens (including phenoxy) is 1. The molecule has 0 aromatic carbocycles. The first-order valence-electron chi connectivity index (χ1n) is 5.51. The normalized spacial score (nSPS) is 12.7. The molecule has 2 nitrogen and oxygen atoms in total. The summed E-state index contributed by atoms with van der Waals surface area (Å²) < 4.78 is 122. The lowest BCUT2D eigenvalue weighted by atomic mass is 9.93. The lowest BCUT2D eigenvalue weighted by Crippen LogP contribution is -2.51. The summed E-state index contributed by atoms with van der Waals surface area (Å²) in [6.07, 6.45) is -13.4. The molecule has 0 aliphatic carbocycles. The second kappa shape index (κ2) is 5.82. The van der Waals surface area contributed by atoms with Gasteiger partial charge in [0, 0.05) is 0 Å². The van der Waals surface area contributed by atoms with Crippen molar-refractivity contribution >= 4 is 0 Å². The Morgan fingerprint density at radius 1 is 0.913 bits per heavy atom. The smallest absolute Gasteiger partial charge is 0.436 e. The predicted octanol–water partition coefficient (Wildman–Crippen LogP) is 4.03. The molecule has 0 aliphatic heterocycles. The highest BCUT2D eigenvalue weighted by atomic mass is 19.4. The maximum Gasteiger partial charge on any atom is 0.436 e. The molecule has 11 heteroatoms. The second-order valence-corrected chi connectivity index (χ2v) is 4.00. The number of hydrogen-bond donors (Lipinski definition) is 0. The Bertz CT molecular complexity index is 652. The van der Waals surface area contributed by atoms with Crippen molar-refractivity contribution in [2.24, 2.45) is 0 Å². The molecule has 23 heavy (non-hydrogen) atoms. The highest BCUT2D eigenvalue weighted by Crippen LogP contribution is 2.55. The summed E-state index contributed by atoms with van der Waals surface area (Å²) in [7, 11) is 0.636. The van der Waals surface area contributed by atoms with E-state index in [-0.39, 0.29) is 0 Å². The van der Waals surface area contributed by atoms with Gasteiger partial charge in [-0.2, -0.15) is 31.3 Å². The standard InChI is InChI=1S/C12H6F9NO/c1-3-4-5-7(13)6(8(14)9(22-5)23-2)10(15,11(16,17)18)12(19,20)21/h1-2H3. The van der Waals surface area contributed by atoms with E-state index >= 15 is 0 Å². The van der Waals surface area contributed by atoms with Gasteiger partial charge in [0.25, 0.3) is 5.88 Å². The SMILES string of the molecule is CC#Cc1nc(OC)c(F)c(C(F)(C(F)(F)F)C(F)(F)F)c1F. The number of alkyl halides is 7. The van der Waals surface area contributed by atoms with Gasteiger partial charge in [-0.25, -0.2) is 13.2 Å². The molecule has 1 aromatic heterocycles. The maximum absolute atomic E-state index is 13.9. The monoisotopic (exact) mass is 351 g/mol. The molecule has 0 aliphatic rings. The molecule has 1 aromatic rings. The number of halogens is 9. The molecule has 0 radical (unpaired) electrons. The number of rotatable bonds is 2. The van der Waals surface area contributed by atoms with E-state index in [0.29, 0.717) is 7.11 Å². The molecule has 0 fully saturated rings. The van der Waals surface area contributed by atoms with Gasteiger partial charge in [-0.1, -0.05) is 5.92 Å². The molecular weight excluding hydrogens is 345 g/mol. The second-order valence-electron chi connectivity index (χ2n) is 4.00. The fourth-order valence-electron chi connectivity index (χ4n) is 1.60. The van der Waals surface area contributed by atoms with Crippen molar-refractivity contribution in [1.82, 2.24) is 4.98 Å². The van der Waals surface area contributed by atoms with Crippen LogP contribution in [0.25, 0.3) is 0 Å². The molecule has 0 saturated carbocycles. The van der Waals surface area contributed by atoms with E-state index in [1.165, 1.54) is 0 Å². The lowest BCUT2D eigenvalue weighted by Gasteiger charge is -2.31. The summed E-state index contributed by atoms with van der Waals surface area (Å²) in [6, 6.07) is 0. The molecule has 1 rings (SSSR count). The van der Waals surface area contributed by atoms with Crippen LogP contribution in [0, 0.1) is 23.5 Å². The van der Waals surface area contributed by atoms with Gasteiger partial charge in [-0.05, 0) is 12.8 Å². The Labute approximate surface area is 123 Å². The van der Waals surface area contributed by atoms with Gasteiger partial charge >= 0.3 is 18.0 Å². The van der Waals surface area contributed by atoms with Crippen LogP contribution in [0.15, 0.2) is 0 Å². The fraction of sp³-hybridized carbons (Fsp3) is 0.417. The molecule has 0 spiro atoms. The summed E-state index contributed by atoms with van der Waals surface area (Å²) in [4.78, 5) is 2.97. The van der Waals surface area contributed by atoms with Gasteiger partial charge in [-0.15, -0.1) is 0 Å². The van der Waals surface area contributed by atoms with Crippen molar-refractivity contribution in [3.8, 4) is 17.7 Å². The van der Waals surface area contributed by atoms with Crippen LogP contribution in [0.1, 0.15) is 18.2 Å². The van der Waals surface area contributed by atoms with Gasteiger partial charge in [-0.3, -0.25) is 0 Å². The Morgan fingerprint density at radius 3 is 1.74 bits per heavy atom. The van der Waals surface area contributed by atoms with Gasteiger partial charge in [0.2, 0.25) is 0 Å². The molecule has 0 atom stereocenters. The first kappa shape index (κ1) is 18.9. The minimum absolute atomic E-state index is 0.636. The minimum Gasteiger partial charge on any atom is -0.479 e. The molecule has 0 amide bonds. The van der Waals surface area contributed by atoms with Crippen molar-refractivity contribution in [3.05, 3.63) is 22.9 Å². The molecule has 128 valence electrons. The third-order valence-electron chi connectivity index (χ3n) is 2.61. The van der Waals surface area contributed by atoms with E-state index in [9.17, 15) is 39.5 Å². The van der Waals surface area contributed by atoms with Crippen LogP contribution in [0.4, 0.5) is 39.5 Å². The zero-order chi connectivity index (χ0) is 18.2. The average Bonchev–Trinajstić information content (AvgIpc) is 2.39. The highest BCUT2D eigenvalue weighted by molar-refractivity contribution is 5.42. The largest absolute Gasteiger partial charge is 0.479 e. The Kier molecular flexibility index (Phi) is 4.79. The molecule has 0 unspecified atom stereocenters. The first-order valence-corrected chi connectivity index (χ1v) is 5.51. The summed E-state index contributed by atoms with van der Waals surface area (Å²) in [6.45, 7) is 1.05. The van der Waals surface area contributed by atoms with Gasteiger partial charge < -0.3 is 4.74 Å². The van der Waals surface area contributed by atoms with Crippen molar-refractivity contribution in [1.29, 1.82) is 0 Å². The van der Waals surface area contributed by atoms with E-state index in [0.717, 1.165) is 6.92 Å². The van der Waals surface area contributed by atoms with Crippen LogP contribution >= 0.6 is 0 Å². The quantitative estimate of drug-likeness (QED) is 0.593. The predicted molar refractivity (Wildman–Crippen MR) is 58.2 cm³/mol. The summed E-state index contributed by atoms with van der Waals surface area (Å²) in [5.74, 6) is -2.90. The zero-order valence-electron chi connectivity index (χ0n) is 11.3. The van der Waals surface area contributed by atoms with Crippen molar-refractivity contribution in [2.75, 3.05) is 7.11 Å². The van der Waals surface area contributed by atoms with E-state index in [2.05, 4.69) is 9.72 Å². The van der Waals surface area contributed by atoms with Crippen molar-refractivity contribution < 1.29 is 44.3 Å². The van der Waals surface area contributed by atoms with Gasteiger partial charge in [0.1, 0.15) is 0 Å². The summed E-state index contributed by atoms with van der Waals surface area (Å²) in [5.41, 5.74) is -10.6. The molecular formula is C12H6F9NO. The molecule has 1 heterocycles. The maximum atomic E-state index is 13.9. The zero-order valence-corrected chi connectivity index (χ0v) is 11.3. The van der Waals surface area contributed by atoms with Crippen LogP contribution in [0.5, 0.6) is 5.88 Å². The van der Waals surface area contributed by atoms with Gasteiger partial charge in [0.15, 0.2) is 17.3 Å². The van der Waals surface area contributed by atoms with Crippen LogP contribution in [0.3, 0.4) is 0 Å². The Hall–Kier alpha value is -2.12. The molecule has 0 saturated heterocycles. The van der Waals surface area contributed by atoms with E-state index in [1.54, 1.807) is 5.92 Å². The van der Waals surface area contributed by atoms with E-state index < -0.39 is 46.8 Å². The number of nitrogens with zero attached hydrogens (tertiary/aromatic N) is 1. The van der Waals surface area contributed by atoms with Crippen LogP contribution in [-0.2, 0) is 5.67 Å². The Balaban J connectivity index is 4.01. The number of aromatic nitrogens is 1. The Morgan fingerprint density at radius 2 is 1.39 bits per heavy atom. The number of hydrogen-bond acceptors (Lipinski definition) is 2. The molecule has 0 N–H and O–H groups in total. The lowest BCUT2D eigenvalue weighted by molar-refractivity contribution is -0.350.